The van der Waals surface area contributed by atoms with Gasteiger partial charge in [-0.25, -0.2) is 0 Å². The molecular weight excluding hydrogens is 739 g/mol. The van der Waals surface area contributed by atoms with E-state index < -0.39 is 0 Å². The second-order valence-electron chi connectivity index (χ2n) is 20.6. The van der Waals surface area contributed by atoms with Crippen molar-refractivity contribution in [1.29, 1.82) is 0 Å². The van der Waals surface area contributed by atoms with Crippen LogP contribution in [0, 0.1) is 20.8 Å². The third-order valence-corrected chi connectivity index (χ3v) is 14.7. The van der Waals surface area contributed by atoms with Gasteiger partial charge >= 0.3 is 0 Å². The molecule has 1 aromatic heterocycles. The quantitative estimate of drug-likeness (QED) is 0.166. The van der Waals surface area contributed by atoms with E-state index in [0.29, 0.717) is 0 Å². The Bertz CT molecular complexity index is 3140. The lowest BCUT2D eigenvalue weighted by molar-refractivity contribution is 0.332. The third kappa shape index (κ3) is 5.57. The Morgan fingerprint density at radius 3 is 1.85 bits per heavy atom. The van der Waals surface area contributed by atoms with E-state index in [0.717, 1.165) is 28.4 Å². The van der Waals surface area contributed by atoms with E-state index in [4.69, 9.17) is 4.42 Å². The highest BCUT2D eigenvalue weighted by Gasteiger charge is 2.47. The predicted molar refractivity (Wildman–Crippen MR) is 261 cm³/mol. The number of hydrogen-bond acceptors (Lipinski definition) is 3. The van der Waals surface area contributed by atoms with Gasteiger partial charge in [-0.2, -0.15) is 0 Å². The monoisotopic (exact) mass is 794 g/mol. The van der Waals surface area contributed by atoms with Crippen LogP contribution in [0.3, 0.4) is 0 Å². The van der Waals surface area contributed by atoms with Crippen LogP contribution in [0.5, 0.6) is 0 Å². The van der Waals surface area contributed by atoms with Crippen molar-refractivity contribution >= 4 is 79.2 Å². The van der Waals surface area contributed by atoms with Crippen molar-refractivity contribution in [3.63, 3.8) is 0 Å². The van der Waals surface area contributed by atoms with Gasteiger partial charge in [0.05, 0.1) is 0 Å². The summed E-state index contributed by atoms with van der Waals surface area (Å²) in [5, 5.41) is 2.31. The van der Waals surface area contributed by atoms with Crippen LogP contribution in [-0.2, 0) is 16.2 Å². The summed E-state index contributed by atoms with van der Waals surface area (Å²) in [4.78, 5) is 5.20. The molecule has 0 saturated heterocycles. The molecule has 3 heterocycles. The molecule has 2 aliphatic heterocycles. The Labute approximate surface area is 362 Å². The molecule has 0 bridgehead atoms. The van der Waals surface area contributed by atoms with Gasteiger partial charge in [0.1, 0.15) is 11.2 Å². The summed E-state index contributed by atoms with van der Waals surface area (Å²) in [5.74, 6) is 0. The van der Waals surface area contributed by atoms with Crippen LogP contribution < -0.4 is 26.2 Å². The highest BCUT2D eigenvalue weighted by Crippen LogP contribution is 2.52. The summed E-state index contributed by atoms with van der Waals surface area (Å²) in [6.07, 6.45) is 2.35. The van der Waals surface area contributed by atoms with Gasteiger partial charge in [0.25, 0.3) is 6.71 Å². The van der Waals surface area contributed by atoms with Crippen molar-refractivity contribution < 1.29 is 4.42 Å². The van der Waals surface area contributed by atoms with Crippen molar-refractivity contribution in [2.45, 2.75) is 98.3 Å². The summed E-state index contributed by atoms with van der Waals surface area (Å²) < 4.78 is 7.09. The zero-order valence-corrected chi connectivity index (χ0v) is 37.4. The number of fused-ring (bicyclic) bond motifs is 9. The average Bonchev–Trinajstić information content (AvgIpc) is 3.61. The van der Waals surface area contributed by atoms with Gasteiger partial charge in [0, 0.05) is 44.9 Å². The first-order chi connectivity index (χ1) is 29.1. The SMILES string of the molecule is Cc1ccccc1-c1cc2c3c(c1)N(c1ccccc1C)c1ccc4c(oc5ccccc54)c1B3c1cc(C(C)(C)C)ccc1N2c1cc2c(cc1C)C(C)(C)CCC2(C)C. The maximum Gasteiger partial charge on any atom is 0.257 e. The fourth-order valence-corrected chi connectivity index (χ4v) is 11.1. The molecule has 3 nitrogen and oxygen atoms in total. The van der Waals surface area contributed by atoms with Gasteiger partial charge in [-0.3, -0.25) is 0 Å². The molecule has 0 atom stereocenters. The number of anilines is 6. The molecule has 302 valence electrons. The second-order valence-corrected chi connectivity index (χ2v) is 20.6. The minimum absolute atomic E-state index is 0.0505. The van der Waals surface area contributed by atoms with E-state index in [1.807, 2.05) is 0 Å². The fraction of sp³-hybridized carbons (Fsp3) is 0.263. The minimum Gasteiger partial charge on any atom is -0.457 e. The molecule has 0 unspecified atom stereocenters. The zero-order valence-electron chi connectivity index (χ0n) is 37.4. The van der Waals surface area contributed by atoms with Crippen LogP contribution in [0.4, 0.5) is 34.1 Å². The number of hydrogen-bond donors (Lipinski definition) is 0. The fourth-order valence-electron chi connectivity index (χ4n) is 11.1. The summed E-state index contributed by atoms with van der Waals surface area (Å²) in [6, 6.07) is 48.4. The summed E-state index contributed by atoms with van der Waals surface area (Å²) in [5.41, 5.74) is 23.7. The molecule has 0 saturated carbocycles. The highest BCUT2D eigenvalue weighted by atomic mass is 16.3. The molecule has 7 aromatic carbocycles. The zero-order chi connectivity index (χ0) is 42.3. The summed E-state index contributed by atoms with van der Waals surface area (Å²) in [6.45, 7) is 23.5. The number of rotatable bonds is 3. The molecule has 0 amide bonds. The Morgan fingerprint density at radius 2 is 1.15 bits per heavy atom. The molecule has 1 aliphatic carbocycles. The van der Waals surface area contributed by atoms with Crippen LogP contribution >= 0.6 is 0 Å². The second kappa shape index (κ2) is 13.0. The minimum atomic E-state index is -0.0858. The lowest BCUT2D eigenvalue weighted by atomic mass is 9.33. The average molecular weight is 795 g/mol. The van der Waals surface area contributed by atoms with Gasteiger partial charge in [-0.1, -0.05) is 127 Å². The van der Waals surface area contributed by atoms with Gasteiger partial charge < -0.3 is 14.2 Å². The van der Waals surface area contributed by atoms with E-state index in [1.54, 1.807) is 0 Å². The van der Waals surface area contributed by atoms with Gasteiger partial charge in [0.2, 0.25) is 0 Å². The normalized spacial score (nSPS) is 16.1. The predicted octanol–water partition coefficient (Wildman–Crippen LogP) is 13.9. The summed E-state index contributed by atoms with van der Waals surface area (Å²) in [7, 11) is 0. The van der Waals surface area contributed by atoms with E-state index >= 15 is 0 Å². The standard InChI is InChI=1S/C57H55BN2O/c1-34-17-11-13-19-39(34)37-30-49-52-50(31-37)60(48-33-43-42(29-36(48)3)56(7,8)27-28-57(43,9)10)46-25-23-38(55(4,5)6)32-44(46)58(52)53-47(59(49)45-21-15-12-18-35(45)2)26-24-41-40-20-14-16-22-51(40)61-54(41)53/h11-26,29-33H,27-28H2,1-10H3. The van der Waals surface area contributed by atoms with Crippen LogP contribution in [0.1, 0.15) is 94.7 Å². The van der Waals surface area contributed by atoms with Crippen LogP contribution in [0.25, 0.3) is 33.1 Å². The van der Waals surface area contributed by atoms with Gasteiger partial charge in [-0.05, 0) is 159 Å². The molecule has 0 spiro atoms. The molecule has 11 rings (SSSR count). The van der Waals surface area contributed by atoms with Gasteiger partial charge in [0.15, 0.2) is 0 Å². The van der Waals surface area contributed by atoms with Crippen LogP contribution in [0.15, 0.2) is 132 Å². The van der Waals surface area contributed by atoms with Crippen molar-refractivity contribution in [1.82, 2.24) is 0 Å². The third-order valence-electron chi connectivity index (χ3n) is 14.7. The molecular formula is C57H55BN2O. The number of aryl methyl sites for hydroxylation is 3. The lowest BCUT2D eigenvalue weighted by Crippen LogP contribution is -2.61. The molecule has 0 radical (unpaired) electrons. The highest BCUT2D eigenvalue weighted by molar-refractivity contribution is 7.01. The number of furan rings is 1. The van der Waals surface area contributed by atoms with Crippen molar-refractivity contribution in [3.8, 4) is 11.1 Å². The van der Waals surface area contributed by atoms with Crippen molar-refractivity contribution in [2.24, 2.45) is 0 Å². The van der Waals surface area contributed by atoms with E-state index in [9.17, 15) is 0 Å². The molecule has 0 fully saturated rings. The molecule has 8 aromatic rings. The Morgan fingerprint density at radius 1 is 0.525 bits per heavy atom. The maximum atomic E-state index is 7.09. The van der Waals surface area contributed by atoms with Gasteiger partial charge in [-0.15, -0.1) is 0 Å². The Hall–Kier alpha value is -6.00. The van der Waals surface area contributed by atoms with Crippen LogP contribution in [0.2, 0.25) is 0 Å². The number of nitrogens with zero attached hydrogens (tertiary/aromatic N) is 2. The molecule has 3 aliphatic rings. The number of para-hydroxylation sites is 2. The molecule has 0 N–H and O–H groups in total. The van der Waals surface area contributed by atoms with Crippen LogP contribution in [-0.4, -0.2) is 6.71 Å². The first-order valence-electron chi connectivity index (χ1n) is 22.3. The first-order valence-corrected chi connectivity index (χ1v) is 22.3. The Kier molecular flexibility index (Phi) is 8.10. The topological polar surface area (TPSA) is 19.6 Å². The van der Waals surface area contributed by atoms with E-state index in [2.05, 4.69) is 206 Å². The lowest BCUT2D eigenvalue weighted by Gasteiger charge is -2.46. The van der Waals surface area contributed by atoms with E-state index in [-0.39, 0.29) is 23.0 Å². The maximum absolute atomic E-state index is 7.09. The first kappa shape index (κ1) is 38.0. The smallest absolute Gasteiger partial charge is 0.257 e. The molecule has 61 heavy (non-hydrogen) atoms. The summed E-state index contributed by atoms with van der Waals surface area (Å²) >= 11 is 0. The largest absolute Gasteiger partial charge is 0.457 e. The van der Waals surface area contributed by atoms with Crippen molar-refractivity contribution in [2.75, 3.05) is 9.80 Å². The van der Waals surface area contributed by atoms with Crippen molar-refractivity contribution in [3.05, 3.63) is 161 Å². The molecule has 4 heteroatoms. The van der Waals surface area contributed by atoms with E-state index in [1.165, 1.54) is 101 Å². The Balaban J connectivity index is 1.32. The number of benzene rings is 7.